The van der Waals surface area contributed by atoms with Gasteiger partial charge in [-0.15, -0.1) is 0 Å². The zero-order valence-corrected chi connectivity index (χ0v) is 21.9. The highest BCUT2D eigenvalue weighted by atomic mass is 19.1. The van der Waals surface area contributed by atoms with E-state index in [-0.39, 0.29) is 17.0 Å². The Balaban J connectivity index is 1.14. The van der Waals surface area contributed by atoms with Gasteiger partial charge < -0.3 is 9.64 Å². The summed E-state index contributed by atoms with van der Waals surface area (Å²) in [5.74, 6) is 0.994. The van der Waals surface area contributed by atoms with Gasteiger partial charge in [0.2, 0.25) is 0 Å². The second kappa shape index (κ2) is 10.6. The van der Waals surface area contributed by atoms with Crippen molar-refractivity contribution in [3.05, 3.63) is 105 Å². The molecule has 0 spiro atoms. The molecule has 0 aliphatic carbocycles. The summed E-state index contributed by atoms with van der Waals surface area (Å²) in [7, 11) is 1.67. The summed E-state index contributed by atoms with van der Waals surface area (Å²) < 4.78 is 20.2. The van der Waals surface area contributed by atoms with Gasteiger partial charge in [-0.25, -0.2) is 9.49 Å². The first-order chi connectivity index (χ1) is 19.0. The zero-order chi connectivity index (χ0) is 26.9. The van der Waals surface area contributed by atoms with Crippen LogP contribution in [0.4, 0.5) is 4.39 Å². The molecule has 200 valence electrons. The molecule has 3 aromatic carbocycles. The standard InChI is InChI=1S/C31H31FN4O3/c1-39-24-9-6-20(7-10-24)16-35-17-22-12-13-36(19-23(22)18-35)31(38)27-14-21(8-11-28(27)32)15-29-25-4-2-3-5-26(25)30(37)34-33-29/h2-11,14,22-23H,12-13,15-19H2,1H3,(H,34,37). The lowest BCUT2D eigenvalue weighted by atomic mass is 9.88. The first kappa shape index (κ1) is 25.2. The Bertz CT molecular complexity index is 1570. The zero-order valence-electron chi connectivity index (χ0n) is 21.9. The molecule has 0 saturated carbocycles. The first-order valence-electron chi connectivity index (χ1n) is 13.4. The number of hydrogen-bond acceptors (Lipinski definition) is 5. The van der Waals surface area contributed by atoms with E-state index in [4.69, 9.17) is 4.74 Å². The summed E-state index contributed by atoms with van der Waals surface area (Å²) >= 11 is 0. The number of ether oxygens (including phenoxy) is 1. The van der Waals surface area contributed by atoms with Crippen molar-refractivity contribution in [3.8, 4) is 5.75 Å². The van der Waals surface area contributed by atoms with Gasteiger partial charge >= 0.3 is 0 Å². The van der Waals surface area contributed by atoms with Crippen molar-refractivity contribution in [2.45, 2.75) is 19.4 Å². The van der Waals surface area contributed by atoms with Gasteiger partial charge in [0, 0.05) is 44.5 Å². The molecule has 1 aromatic heterocycles. The van der Waals surface area contributed by atoms with Gasteiger partial charge in [-0.1, -0.05) is 36.4 Å². The Labute approximate surface area is 226 Å². The minimum Gasteiger partial charge on any atom is -0.497 e. The lowest BCUT2D eigenvalue weighted by Crippen LogP contribution is -2.43. The molecule has 0 radical (unpaired) electrons. The highest BCUT2D eigenvalue weighted by Gasteiger charge is 2.38. The normalized spacial score (nSPS) is 19.3. The summed E-state index contributed by atoms with van der Waals surface area (Å²) in [6, 6.07) is 20.1. The predicted octanol–water partition coefficient (Wildman–Crippen LogP) is 4.26. The second-order valence-electron chi connectivity index (χ2n) is 10.6. The van der Waals surface area contributed by atoms with Crippen LogP contribution in [0, 0.1) is 17.7 Å². The van der Waals surface area contributed by atoms with Crippen molar-refractivity contribution in [1.29, 1.82) is 0 Å². The molecule has 4 aromatic rings. The molecule has 8 heteroatoms. The highest BCUT2D eigenvalue weighted by Crippen LogP contribution is 2.33. The molecule has 2 aliphatic rings. The fraction of sp³-hybridized carbons (Fsp3) is 0.323. The monoisotopic (exact) mass is 526 g/mol. The van der Waals surface area contributed by atoms with Crippen molar-refractivity contribution in [3.63, 3.8) is 0 Å². The molecular formula is C31H31FN4O3. The minimum absolute atomic E-state index is 0.0905. The van der Waals surface area contributed by atoms with E-state index in [2.05, 4.69) is 27.2 Å². The molecule has 3 heterocycles. The number of halogens is 1. The number of methoxy groups -OCH3 is 1. The Kier molecular flexibility index (Phi) is 6.87. The van der Waals surface area contributed by atoms with Crippen molar-refractivity contribution in [2.24, 2.45) is 11.8 Å². The van der Waals surface area contributed by atoms with E-state index in [1.807, 2.05) is 35.2 Å². The summed E-state index contributed by atoms with van der Waals surface area (Å²) in [6.07, 6.45) is 1.30. The number of amides is 1. The van der Waals surface area contributed by atoms with Crippen LogP contribution in [-0.2, 0) is 13.0 Å². The molecule has 6 rings (SSSR count). The number of rotatable bonds is 6. The van der Waals surface area contributed by atoms with Crippen LogP contribution in [0.1, 0.15) is 33.6 Å². The van der Waals surface area contributed by atoms with Crippen LogP contribution < -0.4 is 10.3 Å². The van der Waals surface area contributed by atoms with Gasteiger partial charge in [0.25, 0.3) is 11.5 Å². The SMILES string of the molecule is COc1ccc(CN2CC3CCN(C(=O)c4cc(Cc5n[nH]c(=O)c6ccccc56)ccc4F)CC3C2)cc1. The van der Waals surface area contributed by atoms with Gasteiger partial charge in [-0.2, -0.15) is 5.10 Å². The number of hydrogen-bond donors (Lipinski definition) is 1. The summed E-state index contributed by atoms with van der Waals surface area (Å²) in [6.45, 7) is 4.08. The largest absolute Gasteiger partial charge is 0.497 e. The van der Waals surface area contributed by atoms with Gasteiger partial charge in [-0.05, 0) is 59.7 Å². The van der Waals surface area contributed by atoms with E-state index in [9.17, 15) is 14.0 Å². The van der Waals surface area contributed by atoms with Crippen molar-refractivity contribution < 1.29 is 13.9 Å². The molecule has 2 atom stereocenters. The molecule has 2 unspecified atom stereocenters. The van der Waals surface area contributed by atoms with Gasteiger partial charge in [-0.3, -0.25) is 14.5 Å². The topological polar surface area (TPSA) is 78.5 Å². The third kappa shape index (κ3) is 5.16. The maximum atomic E-state index is 14.9. The van der Waals surface area contributed by atoms with E-state index in [1.54, 1.807) is 25.3 Å². The number of nitrogens with zero attached hydrogens (tertiary/aromatic N) is 3. The molecule has 2 saturated heterocycles. The smallest absolute Gasteiger partial charge is 0.272 e. The summed E-state index contributed by atoms with van der Waals surface area (Å²) in [5, 5.41) is 8.09. The highest BCUT2D eigenvalue weighted by molar-refractivity contribution is 5.95. The molecule has 0 bridgehead atoms. The Hall–Kier alpha value is -4.04. The van der Waals surface area contributed by atoms with Crippen LogP contribution in [0.5, 0.6) is 5.75 Å². The first-order valence-corrected chi connectivity index (χ1v) is 13.4. The van der Waals surface area contributed by atoms with Gasteiger partial charge in [0.15, 0.2) is 0 Å². The van der Waals surface area contributed by atoms with Crippen LogP contribution in [0.2, 0.25) is 0 Å². The van der Waals surface area contributed by atoms with E-state index in [0.29, 0.717) is 42.4 Å². The Morgan fingerprint density at radius 1 is 1.00 bits per heavy atom. The maximum Gasteiger partial charge on any atom is 0.272 e. The number of aromatic nitrogens is 2. The maximum absolute atomic E-state index is 14.9. The molecule has 39 heavy (non-hydrogen) atoms. The van der Waals surface area contributed by atoms with Crippen LogP contribution in [0.3, 0.4) is 0 Å². The fourth-order valence-electron chi connectivity index (χ4n) is 6.08. The van der Waals surface area contributed by atoms with Crippen LogP contribution in [0.25, 0.3) is 10.8 Å². The van der Waals surface area contributed by atoms with E-state index in [0.717, 1.165) is 42.8 Å². The number of benzene rings is 3. The van der Waals surface area contributed by atoms with E-state index >= 15 is 0 Å². The number of nitrogens with one attached hydrogen (secondary N) is 1. The van der Waals surface area contributed by atoms with Crippen molar-refractivity contribution in [2.75, 3.05) is 33.3 Å². The average Bonchev–Trinajstić information content (AvgIpc) is 3.37. The summed E-state index contributed by atoms with van der Waals surface area (Å²) in [5.41, 5.74) is 2.53. The van der Waals surface area contributed by atoms with Gasteiger partial charge in [0.05, 0.1) is 23.8 Å². The third-order valence-corrected chi connectivity index (χ3v) is 8.14. The molecule has 1 N–H and O–H groups in total. The number of piperidine rings is 1. The van der Waals surface area contributed by atoms with E-state index in [1.165, 1.54) is 11.6 Å². The molecule has 7 nitrogen and oxygen atoms in total. The lowest BCUT2D eigenvalue weighted by molar-refractivity contribution is 0.0637. The molecule has 2 aliphatic heterocycles. The quantitative estimate of drug-likeness (QED) is 0.406. The van der Waals surface area contributed by atoms with Gasteiger partial charge in [0.1, 0.15) is 11.6 Å². The van der Waals surface area contributed by atoms with E-state index < -0.39 is 5.82 Å². The van der Waals surface area contributed by atoms with Crippen molar-refractivity contribution in [1.82, 2.24) is 20.0 Å². The number of carbonyl (C=O) groups is 1. The number of H-pyrrole nitrogens is 1. The van der Waals surface area contributed by atoms with Crippen LogP contribution >= 0.6 is 0 Å². The number of likely N-dealkylation sites (tertiary alicyclic amines) is 2. The van der Waals surface area contributed by atoms with Crippen LogP contribution in [0.15, 0.2) is 71.5 Å². The minimum atomic E-state index is -0.516. The Morgan fingerprint density at radius 3 is 2.54 bits per heavy atom. The molecule has 2 fully saturated rings. The fourth-order valence-corrected chi connectivity index (χ4v) is 6.08. The summed E-state index contributed by atoms with van der Waals surface area (Å²) in [4.78, 5) is 29.9. The predicted molar refractivity (Wildman–Crippen MR) is 147 cm³/mol. The third-order valence-electron chi connectivity index (χ3n) is 8.14. The lowest BCUT2D eigenvalue weighted by Gasteiger charge is -2.34. The number of carbonyl (C=O) groups excluding carboxylic acids is 1. The van der Waals surface area contributed by atoms with Crippen molar-refractivity contribution >= 4 is 16.7 Å². The Morgan fingerprint density at radius 2 is 1.74 bits per heavy atom. The molecule has 1 amide bonds. The second-order valence-corrected chi connectivity index (χ2v) is 10.6. The average molecular weight is 527 g/mol. The van der Waals surface area contributed by atoms with Crippen LogP contribution in [-0.4, -0.2) is 59.2 Å². The molecular weight excluding hydrogens is 495 g/mol. The number of aromatic amines is 1. The number of fused-ring (bicyclic) bond motifs is 2.